The van der Waals surface area contributed by atoms with Crippen molar-refractivity contribution in [2.45, 2.75) is 58.3 Å². The van der Waals surface area contributed by atoms with Crippen LogP contribution in [0.1, 0.15) is 46.0 Å². The van der Waals surface area contributed by atoms with Crippen LogP contribution in [0, 0.1) is 5.92 Å². The first kappa shape index (κ1) is 10.0. The van der Waals surface area contributed by atoms with Gasteiger partial charge in [-0.05, 0) is 32.6 Å². The maximum absolute atomic E-state index is 10.8. The molecule has 0 bridgehead atoms. The Morgan fingerprint density at radius 2 is 1.75 bits per heavy atom. The molecule has 0 aromatic carbocycles. The highest BCUT2D eigenvalue weighted by molar-refractivity contribution is 4.71. The lowest BCUT2D eigenvalue weighted by Gasteiger charge is -2.27. The van der Waals surface area contributed by atoms with E-state index in [0.29, 0.717) is 5.92 Å². The van der Waals surface area contributed by atoms with E-state index >= 15 is 0 Å². The van der Waals surface area contributed by atoms with Crippen molar-refractivity contribution < 1.29 is 9.84 Å². The Morgan fingerprint density at radius 1 is 1.17 bits per heavy atom. The second kappa shape index (κ2) is 4.83. The highest BCUT2D eigenvalue weighted by atomic mass is 16.6. The van der Waals surface area contributed by atoms with Crippen molar-refractivity contribution in [1.29, 1.82) is 0 Å². The van der Waals surface area contributed by atoms with Crippen molar-refractivity contribution >= 4 is 0 Å². The Kier molecular flexibility index (Phi) is 4.02. The Labute approximate surface area is 74.9 Å². The summed E-state index contributed by atoms with van der Waals surface area (Å²) in [5.74, 6) is 0.634. The fourth-order valence-corrected chi connectivity index (χ4v) is 2.02. The van der Waals surface area contributed by atoms with Gasteiger partial charge in [-0.1, -0.05) is 19.3 Å². The summed E-state index contributed by atoms with van der Waals surface area (Å²) < 4.78 is 5.23. The molecule has 0 amide bonds. The molecule has 1 aliphatic carbocycles. The van der Waals surface area contributed by atoms with Crippen LogP contribution in [0.2, 0.25) is 0 Å². The van der Waals surface area contributed by atoms with Crippen molar-refractivity contribution in [3.63, 3.8) is 0 Å². The molecule has 12 heavy (non-hydrogen) atoms. The molecule has 1 rings (SSSR count). The number of ether oxygens (including phenoxy) is 1. The van der Waals surface area contributed by atoms with Crippen LogP contribution in [0.15, 0.2) is 0 Å². The molecule has 0 spiro atoms. The van der Waals surface area contributed by atoms with E-state index in [4.69, 9.17) is 4.74 Å². The van der Waals surface area contributed by atoms with Gasteiger partial charge in [-0.2, -0.15) is 0 Å². The van der Waals surface area contributed by atoms with Crippen LogP contribution in [0.3, 0.4) is 0 Å². The van der Waals surface area contributed by atoms with Crippen molar-refractivity contribution in [3.05, 3.63) is 0 Å². The average molecular weight is 171 g/mol. The van der Waals surface area contributed by atoms with Crippen LogP contribution in [0.25, 0.3) is 0 Å². The van der Waals surface area contributed by atoms with E-state index in [0.717, 1.165) is 0 Å². The van der Waals surface area contributed by atoms with Crippen LogP contribution in [0.4, 0.5) is 0 Å². The minimum atomic E-state index is -0.859. The standard InChI is InChI=1S/C10H19O2/c1-8(12-9(2)11)10-6-4-3-5-7-10/h8-10H,3-7H2,1-2H3. The monoisotopic (exact) mass is 171 g/mol. The zero-order chi connectivity index (χ0) is 8.97. The summed E-state index contributed by atoms with van der Waals surface area (Å²) in [5.41, 5.74) is 0. The SMILES string of the molecule is CC([O])OC(C)C1CCCCC1. The lowest BCUT2D eigenvalue weighted by molar-refractivity contribution is -0.168. The second-order valence-corrected chi connectivity index (χ2v) is 3.81. The Bertz CT molecular complexity index is 117. The van der Waals surface area contributed by atoms with E-state index in [1.807, 2.05) is 6.92 Å². The molecule has 1 radical (unpaired) electrons. The number of hydrogen-bond donors (Lipinski definition) is 0. The zero-order valence-corrected chi connectivity index (χ0v) is 8.08. The Balaban J connectivity index is 2.24. The minimum absolute atomic E-state index is 0.165. The first-order valence-corrected chi connectivity index (χ1v) is 5.01. The lowest BCUT2D eigenvalue weighted by Crippen LogP contribution is -2.26. The van der Waals surface area contributed by atoms with Gasteiger partial charge in [0.15, 0.2) is 6.29 Å². The third-order valence-corrected chi connectivity index (χ3v) is 2.72. The van der Waals surface area contributed by atoms with Crippen LogP contribution in [0.5, 0.6) is 0 Å². The molecule has 0 aliphatic heterocycles. The third-order valence-electron chi connectivity index (χ3n) is 2.72. The molecule has 0 aromatic rings. The highest BCUT2D eigenvalue weighted by Crippen LogP contribution is 2.28. The van der Waals surface area contributed by atoms with Gasteiger partial charge in [-0.15, -0.1) is 0 Å². The van der Waals surface area contributed by atoms with Gasteiger partial charge in [-0.3, -0.25) is 0 Å². The quantitative estimate of drug-likeness (QED) is 0.600. The number of hydrogen-bond acceptors (Lipinski definition) is 1. The summed E-state index contributed by atoms with van der Waals surface area (Å²) in [6.45, 7) is 3.60. The molecule has 2 heteroatoms. The molecule has 0 heterocycles. The topological polar surface area (TPSA) is 29.1 Å². The van der Waals surface area contributed by atoms with Gasteiger partial charge >= 0.3 is 0 Å². The predicted octanol–water partition coefficient (Wildman–Crippen LogP) is 2.75. The van der Waals surface area contributed by atoms with Crippen LogP contribution in [-0.2, 0) is 9.84 Å². The van der Waals surface area contributed by atoms with E-state index in [2.05, 4.69) is 0 Å². The van der Waals surface area contributed by atoms with Gasteiger partial charge in [0.2, 0.25) is 0 Å². The number of rotatable bonds is 3. The molecule has 0 aromatic heterocycles. The van der Waals surface area contributed by atoms with E-state index in [-0.39, 0.29) is 6.10 Å². The molecule has 2 atom stereocenters. The summed E-state index contributed by atoms with van der Waals surface area (Å²) in [6.07, 6.45) is 5.77. The first-order valence-electron chi connectivity index (χ1n) is 5.01. The molecule has 71 valence electrons. The van der Waals surface area contributed by atoms with Gasteiger partial charge in [0.1, 0.15) is 0 Å². The van der Waals surface area contributed by atoms with Gasteiger partial charge < -0.3 is 4.74 Å². The van der Waals surface area contributed by atoms with E-state index in [9.17, 15) is 5.11 Å². The summed E-state index contributed by atoms with van der Waals surface area (Å²) in [5, 5.41) is 10.8. The van der Waals surface area contributed by atoms with Crippen molar-refractivity contribution in [1.82, 2.24) is 0 Å². The summed E-state index contributed by atoms with van der Waals surface area (Å²) in [4.78, 5) is 0. The fourth-order valence-electron chi connectivity index (χ4n) is 2.02. The molecule has 2 nitrogen and oxygen atoms in total. The molecule has 1 fully saturated rings. The first-order chi connectivity index (χ1) is 5.70. The summed E-state index contributed by atoms with van der Waals surface area (Å²) in [6, 6.07) is 0. The third kappa shape index (κ3) is 3.11. The maximum atomic E-state index is 10.8. The van der Waals surface area contributed by atoms with Crippen LogP contribution in [-0.4, -0.2) is 12.4 Å². The second-order valence-electron chi connectivity index (χ2n) is 3.81. The van der Waals surface area contributed by atoms with Crippen molar-refractivity contribution in [3.8, 4) is 0 Å². The molecule has 2 unspecified atom stereocenters. The molecule has 1 saturated carbocycles. The highest BCUT2D eigenvalue weighted by Gasteiger charge is 2.21. The average Bonchev–Trinajstić information content (AvgIpc) is 2.05. The predicted molar refractivity (Wildman–Crippen MR) is 47.3 cm³/mol. The molecule has 1 aliphatic rings. The summed E-state index contributed by atoms with van der Waals surface area (Å²) in [7, 11) is 0. The van der Waals surface area contributed by atoms with Gasteiger partial charge in [0.05, 0.1) is 6.10 Å². The fraction of sp³-hybridized carbons (Fsp3) is 1.00. The molecule has 0 saturated heterocycles. The van der Waals surface area contributed by atoms with Crippen molar-refractivity contribution in [2.24, 2.45) is 5.92 Å². The largest absolute Gasteiger partial charge is 0.347 e. The zero-order valence-electron chi connectivity index (χ0n) is 8.08. The molecular weight excluding hydrogens is 152 g/mol. The van der Waals surface area contributed by atoms with Crippen LogP contribution < -0.4 is 0 Å². The van der Waals surface area contributed by atoms with Gasteiger partial charge in [0.25, 0.3) is 0 Å². The minimum Gasteiger partial charge on any atom is -0.347 e. The van der Waals surface area contributed by atoms with Crippen molar-refractivity contribution in [2.75, 3.05) is 0 Å². The Hall–Kier alpha value is -0.0800. The van der Waals surface area contributed by atoms with E-state index in [1.165, 1.54) is 32.1 Å². The van der Waals surface area contributed by atoms with Crippen LogP contribution >= 0.6 is 0 Å². The molecular formula is C10H19O2. The van der Waals surface area contributed by atoms with E-state index in [1.54, 1.807) is 6.92 Å². The van der Waals surface area contributed by atoms with E-state index < -0.39 is 6.29 Å². The lowest BCUT2D eigenvalue weighted by atomic mass is 9.86. The van der Waals surface area contributed by atoms with Gasteiger partial charge in [0, 0.05) is 0 Å². The van der Waals surface area contributed by atoms with Gasteiger partial charge in [-0.25, -0.2) is 5.11 Å². The summed E-state index contributed by atoms with van der Waals surface area (Å²) >= 11 is 0. The maximum Gasteiger partial charge on any atom is 0.188 e. The Morgan fingerprint density at radius 3 is 2.25 bits per heavy atom. The smallest absolute Gasteiger partial charge is 0.188 e. The normalized spacial score (nSPS) is 25.2. The molecule has 0 N–H and O–H groups in total.